The average Bonchev–Trinajstić information content (AvgIpc) is 2.73. The predicted octanol–water partition coefficient (Wildman–Crippen LogP) is 1.51. The van der Waals surface area contributed by atoms with E-state index in [2.05, 4.69) is 22.5 Å². The summed E-state index contributed by atoms with van der Waals surface area (Å²) in [6.45, 7) is 5.62. The Morgan fingerprint density at radius 1 is 1.29 bits per heavy atom. The SMILES string of the molecule is Cc1nn(Cc2ccccc2)c(C)c1CNC(=O)CCN. The highest BCUT2D eigenvalue weighted by Gasteiger charge is 2.12. The molecular formula is C16H22N4O. The Morgan fingerprint density at radius 2 is 2.00 bits per heavy atom. The molecule has 1 aromatic heterocycles. The van der Waals surface area contributed by atoms with E-state index in [9.17, 15) is 4.79 Å². The van der Waals surface area contributed by atoms with Crippen LogP contribution in [0.4, 0.5) is 0 Å². The highest BCUT2D eigenvalue weighted by atomic mass is 16.1. The first-order valence-electron chi connectivity index (χ1n) is 7.15. The van der Waals surface area contributed by atoms with E-state index in [1.54, 1.807) is 0 Å². The molecule has 1 heterocycles. The molecule has 0 unspecified atom stereocenters. The van der Waals surface area contributed by atoms with E-state index in [-0.39, 0.29) is 5.91 Å². The third-order valence-electron chi connectivity index (χ3n) is 3.54. The van der Waals surface area contributed by atoms with Crippen molar-refractivity contribution >= 4 is 5.91 Å². The smallest absolute Gasteiger partial charge is 0.221 e. The van der Waals surface area contributed by atoms with E-state index in [1.807, 2.05) is 36.7 Å². The van der Waals surface area contributed by atoms with Crippen molar-refractivity contribution in [1.82, 2.24) is 15.1 Å². The first kappa shape index (κ1) is 15.3. The second-order valence-electron chi connectivity index (χ2n) is 5.11. The summed E-state index contributed by atoms with van der Waals surface area (Å²) in [4.78, 5) is 11.5. The number of hydrogen-bond acceptors (Lipinski definition) is 3. The van der Waals surface area contributed by atoms with Crippen LogP contribution in [0, 0.1) is 13.8 Å². The van der Waals surface area contributed by atoms with Crippen molar-refractivity contribution < 1.29 is 4.79 Å². The predicted molar refractivity (Wildman–Crippen MR) is 82.8 cm³/mol. The largest absolute Gasteiger partial charge is 0.352 e. The number of amides is 1. The molecule has 0 aliphatic rings. The normalized spacial score (nSPS) is 10.6. The standard InChI is InChI=1S/C16H22N4O/c1-12-15(10-18-16(21)8-9-17)13(2)20(19-12)11-14-6-4-3-5-7-14/h3-7H,8-11,17H2,1-2H3,(H,18,21). The minimum atomic E-state index is -0.0212. The molecule has 1 aromatic carbocycles. The molecule has 1 amide bonds. The highest BCUT2D eigenvalue weighted by Crippen LogP contribution is 2.14. The molecule has 0 fully saturated rings. The lowest BCUT2D eigenvalue weighted by molar-refractivity contribution is -0.121. The number of nitrogens with zero attached hydrogens (tertiary/aromatic N) is 2. The maximum absolute atomic E-state index is 11.5. The number of nitrogens with one attached hydrogen (secondary N) is 1. The highest BCUT2D eigenvalue weighted by molar-refractivity contribution is 5.76. The van der Waals surface area contributed by atoms with Crippen molar-refractivity contribution in [3.63, 3.8) is 0 Å². The maximum Gasteiger partial charge on any atom is 0.221 e. The van der Waals surface area contributed by atoms with Gasteiger partial charge in [-0.2, -0.15) is 5.10 Å². The van der Waals surface area contributed by atoms with E-state index < -0.39 is 0 Å². The van der Waals surface area contributed by atoms with Crippen LogP contribution >= 0.6 is 0 Å². The van der Waals surface area contributed by atoms with E-state index in [0.717, 1.165) is 23.5 Å². The number of nitrogens with two attached hydrogens (primary N) is 1. The van der Waals surface area contributed by atoms with Gasteiger partial charge in [0, 0.05) is 30.8 Å². The molecule has 2 aromatic rings. The van der Waals surface area contributed by atoms with E-state index in [1.165, 1.54) is 5.56 Å². The molecule has 0 bridgehead atoms. The minimum Gasteiger partial charge on any atom is -0.352 e. The Morgan fingerprint density at radius 3 is 2.67 bits per heavy atom. The van der Waals surface area contributed by atoms with Crippen molar-refractivity contribution in [2.75, 3.05) is 6.54 Å². The fourth-order valence-electron chi connectivity index (χ4n) is 2.31. The molecule has 0 aliphatic carbocycles. The van der Waals surface area contributed by atoms with E-state index >= 15 is 0 Å². The van der Waals surface area contributed by atoms with Gasteiger partial charge in [0.25, 0.3) is 0 Å². The van der Waals surface area contributed by atoms with Gasteiger partial charge in [-0.15, -0.1) is 0 Å². The Hall–Kier alpha value is -2.14. The Kier molecular flexibility index (Phi) is 5.11. The van der Waals surface area contributed by atoms with Gasteiger partial charge in [-0.05, 0) is 19.4 Å². The summed E-state index contributed by atoms with van der Waals surface area (Å²) >= 11 is 0. The zero-order valence-corrected chi connectivity index (χ0v) is 12.6. The van der Waals surface area contributed by atoms with Crippen LogP contribution in [0.3, 0.4) is 0 Å². The van der Waals surface area contributed by atoms with E-state index in [0.29, 0.717) is 19.5 Å². The van der Waals surface area contributed by atoms with Gasteiger partial charge in [-0.3, -0.25) is 9.48 Å². The summed E-state index contributed by atoms with van der Waals surface area (Å²) in [6, 6.07) is 10.2. The van der Waals surface area contributed by atoms with Gasteiger partial charge in [0.05, 0.1) is 12.2 Å². The monoisotopic (exact) mass is 286 g/mol. The Labute approximate surface area is 125 Å². The lowest BCUT2D eigenvalue weighted by Crippen LogP contribution is -2.25. The lowest BCUT2D eigenvalue weighted by atomic mass is 10.2. The quantitative estimate of drug-likeness (QED) is 0.845. The van der Waals surface area contributed by atoms with Crippen LogP contribution in [0.5, 0.6) is 0 Å². The van der Waals surface area contributed by atoms with Crippen LogP contribution in [-0.2, 0) is 17.9 Å². The fraction of sp³-hybridized carbons (Fsp3) is 0.375. The second kappa shape index (κ2) is 7.04. The summed E-state index contributed by atoms with van der Waals surface area (Å²) in [6.07, 6.45) is 0.357. The molecule has 2 rings (SSSR count). The van der Waals surface area contributed by atoms with Crippen LogP contribution in [0.15, 0.2) is 30.3 Å². The molecule has 0 aliphatic heterocycles. The van der Waals surface area contributed by atoms with Crippen LogP contribution in [0.25, 0.3) is 0 Å². The van der Waals surface area contributed by atoms with Crippen LogP contribution in [-0.4, -0.2) is 22.2 Å². The van der Waals surface area contributed by atoms with Crippen LogP contribution in [0.1, 0.15) is 28.9 Å². The number of benzene rings is 1. The lowest BCUT2D eigenvalue weighted by Gasteiger charge is -2.07. The molecule has 21 heavy (non-hydrogen) atoms. The number of hydrogen-bond donors (Lipinski definition) is 2. The molecular weight excluding hydrogens is 264 g/mol. The van der Waals surface area contributed by atoms with Gasteiger partial charge in [0.2, 0.25) is 5.91 Å². The number of aryl methyl sites for hydroxylation is 1. The molecule has 0 atom stereocenters. The topological polar surface area (TPSA) is 72.9 Å². The van der Waals surface area contributed by atoms with Crippen molar-refractivity contribution in [1.29, 1.82) is 0 Å². The molecule has 3 N–H and O–H groups in total. The Balaban J connectivity index is 2.08. The molecule has 112 valence electrons. The summed E-state index contributed by atoms with van der Waals surface area (Å²) in [5.41, 5.74) is 9.70. The second-order valence-corrected chi connectivity index (χ2v) is 5.11. The van der Waals surface area contributed by atoms with Crippen molar-refractivity contribution in [3.05, 3.63) is 52.8 Å². The van der Waals surface area contributed by atoms with Crippen molar-refractivity contribution in [2.24, 2.45) is 5.73 Å². The third kappa shape index (κ3) is 3.92. The van der Waals surface area contributed by atoms with Crippen molar-refractivity contribution in [2.45, 2.75) is 33.4 Å². The maximum atomic E-state index is 11.5. The zero-order chi connectivity index (χ0) is 15.2. The number of carbonyl (C=O) groups is 1. The van der Waals surface area contributed by atoms with Crippen LogP contribution in [0.2, 0.25) is 0 Å². The van der Waals surface area contributed by atoms with Gasteiger partial charge >= 0.3 is 0 Å². The summed E-state index contributed by atoms with van der Waals surface area (Å²) < 4.78 is 1.98. The first-order chi connectivity index (χ1) is 10.1. The Bertz CT molecular complexity index is 604. The van der Waals surface area contributed by atoms with Gasteiger partial charge in [0.1, 0.15) is 0 Å². The van der Waals surface area contributed by atoms with Gasteiger partial charge in [0.15, 0.2) is 0 Å². The van der Waals surface area contributed by atoms with Crippen molar-refractivity contribution in [3.8, 4) is 0 Å². The summed E-state index contributed by atoms with van der Waals surface area (Å²) in [5.74, 6) is -0.0212. The molecule has 0 saturated carbocycles. The number of rotatable bonds is 6. The third-order valence-corrected chi connectivity index (χ3v) is 3.54. The molecule has 0 spiro atoms. The van der Waals surface area contributed by atoms with Gasteiger partial charge < -0.3 is 11.1 Å². The number of aromatic nitrogens is 2. The van der Waals surface area contributed by atoms with Gasteiger partial charge in [-0.25, -0.2) is 0 Å². The molecule has 5 heteroatoms. The zero-order valence-electron chi connectivity index (χ0n) is 12.6. The number of carbonyl (C=O) groups excluding carboxylic acids is 1. The van der Waals surface area contributed by atoms with Crippen LogP contribution < -0.4 is 11.1 Å². The minimum absolute atomic E-state index is 0.0212. The molecule has 5 nitrogen and oxygen atoms in total. The fourth-order valence-corrected chi connectivity index (χ4v) is 2.31. The molecule has 0 saturated heterocycles. The molecule has 0 radical (unpaired) electrons. The van der Waals surface area contributed by atoms with E-state index in [4.69, 9.17) is 5.73 Å². The average molecular weight is 286 g/mol. The summed E-state index contributed by atoms with van der Waals surface area (Å²) in [7, 11) is 0. The summed E-state index contributed by atoms with van der Waals surface area (Å²) in [5, 5.41) is 7.46. The first-order valence-corrected chi connectivity index (χ1v) is 7.15. The van der Waals surface area contributed by atoms with Gasteiger partial charge in [-0.1, -0.05) is 30.3 Å².